The number of ether oxygens (including phenoxy) is 1. The molecule has 2 aromatic rings. The van der Waals surface area contributed by atoms with Gasteiger partial charge in [0, 0.05) is 11.3 Å². The number of unbranched alkanes of at least 4 members (excludes halogenated alkanes) is 6. The molecule has 2 aromatic carbocycles. The van der Waals surface area contributed by atoms with Crippen LogP contribution in [0.4, 0.5) is 5.69 Å². The number of anilines is 1. The largest absolute Gasteiger partial charge is 0.473 e. The van der Waals surface area contributed by atoms with E-state index in [2.05, 4.69) is 84.7 Å². The van der Waals surface area contributed by atoms with Gasteiger partial charge in [-0.1, -0.05) is 87.2 Å². The van der Waals surface area contributed by atoms with Gasteiger partial charge in [-0.3, -0.25) is 0 Å². The van der Waals surface area contributed by atoms with E-state index in [1.54, 1.807) is 0 Å². The normalized spacial score (nSPS) is 13.6. The molecule has 3 rings (SSSR count). The Balaban J connectivity index is 1.34. The molecule has 166 valence electrons. The lowest BCUT2D eigenvalue weighted by Gasteiger charge is -2.32. The van der Waals surface area contributed by atoms with E-state index in [9.17, 15) is 0 Å². The zero-order valence-corrected chi connectivity index (χ0v) is 19.3. The summed E-state index contributed by atoms with van der Waals surface area (Å²) < 4.78 is 6.07. The average molecular weight is 418 g/mol. The summed E-state index contributed by atoms with van der Waals surface area (Å²) in [6, 6.07) is 17.1. The van der Waals surface area contributed by atoms with Crippen LogP contribution < -0.4 is 9.64 Å². The molecule has 1 aliphatic heterocycles. The fourth-order valence-electron chi connectivity index (χ4n) is 4.13. The monoisotopic (exact) mass is 417 g/mol. The lowest BCUT2D eigenvalue weighted by Crippen LogP contribution is -2.32. The second kappa shape index (κ2) is 13.7. The van der Waals surface area contributed by atoms with Crippen LogP contribution in [-0.2, 0) is 13.0 Å². The first-order valence-corrected chi connectivity index (χ1v) is 12.2. The Morgan fingerprint density at radius 1 is 0.806 bits per heavy atom. The summed E-state index contributed by atoms with van der Waals surface area (Å²) in [5, 5.41) is 0. The maximum Gasteiger partial charge on any atom is 0.161 e. The molecule has 0 aliphatic carbocycles. The van der Waals surface area contributed by atoms with Crippen molar-refractivity contribution in [3.8, 4) is 5.75 Å². The van der Waals surface area contributed by atoms with Crippen molar-refractivity contribution in [2.75, 3.05) is 11.6 Å². The number of nitrogens with zero attached hydrogens (tertiary/aromatic N) is 1. The van der Waals surface area contributed by atoms with Crippen molar-refractivity contribution in [1.29, 1.82) is 0 Å². The lowest BCUT2D eigenvalue weighted by atomic mass is 9.98. The van der Waals surface area contributed by atoms with E-state index in [-0.39, 0.29) is 0 Å². The SMILES string of the molecule is CCC/C=C/C/C=C/CCCCCCCc1cccc2c1CN(c1ccccc1)CO2. The molecule has 2 heteroatoms. The third-order valence-corrected chi connectivity index (χ3v) is 5.95. The highest BCUT2D eigenvalue weighted by Crippen LogP contribution is 2.31. The number of aryl methyl sites for hydroxylation is 1. The van der Waals surface area contributed by atoms with Gasteiger partial charge in [-0.25, -0.2) is 0 Å². The molecule has 0 fully saturated rings. The van der Waals surface area contributed by atoms with Crippen molar-refractivity contribution in [3.63, 3.8) is 0 Å². The summed E-state index contributed by atoms with van der Waals surface area (Å²) in [4.78, 5) is 2.32. The Hall–Kier alpha value is -2.48. The summed E-state index contributed by atoms with van der Waals surface area (Å²) in [5.41, 5.74) is 4.06. The quantitative estimate of drug-likeness (QED) is 0.240. The minimum Gasteiger partial charge on any atom is -0.473 e. The van der Waals surface area contributed by atoms with Gasteiger partial charge in [0.2, 0.25) is 0 Å². The number of allylic oxidation sites excluding steroid dienone is 4. The van der Waals surface area contributed by atoms with E-state index < -0.39 is 0 Å². The maximum absolute atomic E-state index is 6.07. The highest BCUT2D eigenvalue weighted by Gasteiger charge is 2.19. The van der Waals surface area contributed by atoms with Crippen molar-refractivity contribution in [3.05, 3.63) is 84.0 Å². The van der Waals surface area contributed by atoms with Gasteiger partial charge in [0.05, 0.1) is 6.54 Å². The van der Waals surface area contributed by atoms with Gasteiger partial charge in [0.15, 0.2) is 6.73 Å². The van der Waals surface area contributed by atoms with Crippen LogP contribution in [0, 0.1) is 0 Å². The van der Waals surface area contributed by atoms with Gasteiger partial charge >= 0.3 is 0 Å². The van der Waals surface area contributed by atoms with Crippen molar-refractivity contribution in [2.24, 2.45) is 0 Å². The Morgan fingerprint density at radius 3 is 2.42 bits per heavy atom. The first kappa shape index (κ1) is 23.2. The van der Waals surface area contributed by atoms with Crippen molar-refractivity contribution in [2.45, 2.75) is 77.7 Å². The Morgan fingerprint density at radius 2 is 1.58 bits per heavy atom. The molecule has 0 atom stereocenters. The molecule has 0 bridgehead atoms. The van der Waals surface area contributed by atoms with Gasteiger partial charge < -0.3 is 9.64 Å². The van der Waals surface area contributed by atoms with E-state index in [0.717, 1.165) is 25.1 Å². The summed E-state index contributed by atoms with van der Waals surface area (Å²) in [6.45, 7) is 3.79. The van der Waals surface area contributed by atoms with Crippen LogP contribution in [0.3, 0.4) is 0 Å². The van der Waals surface area contributed by atoms with Crippen LogP contribution in [0.25, 0.3) is 0 Å². The molecular weight excluding hydrogens is 378 g/mol. The fourth-order valence-corrected chi connectivity index (χ4v) is 4.13. The van der Waals surface area contributed by atoms with E-state index in [0.29, 0.717) is 6.73 Å². The molecule has 2 nitrogen and oxygen atoms in total. The second-order valence-electron chi connectivity index (χ2n) is 8.47. The average Bonchev–Trinajstić information content (AvgIpc) is 2.82. The van der Waals surface area contributed by atoms with Gasteiger partial charge in [0.1, 0.15) is 5.75 Å². The number of para-hydroxylation sites is 1. The Bertz CT molecular complexity index is 809. The van der Waals surface area contributed by atoms with Crippen LogP contribution in [0.5, 0.6) is 5.75 Å². The number of hydrogen-bond acceptors (Lipinski definition) is 2. The van der Waals surface area contributed by atoms with Crippen molar-refractivity contribution in [1.82, 2.24) is 0 Å². The van der Waals surface area contributed by atoms with E-state index >= 15 is 0 Å². The molecule has 0 N–H and O–H groups in total. The number of benzene rings is 2. The smallest absolute Gasteiger partial charge is 0.161 e. The minimum absolute atomic E-state index is 0.629. The number of hydrogen-bond donors (Lipinski definition) is 0. The van der Waals surface area contributed by atoms with E-state index in [1.165, 1.54) is 68.2 Å². The molecule has 0 amide bonds. The summed E-state index contributed by atoms with van der Waals surface area (Å²) in [5.74, 6) is 1.07. The van der Waals surface area contributed by atoms with Gasteiger partial charge in [-0.05, 0) is 62.3 Å². The van der Waals surface area contributed by atoms with Crippen LogP contribution in [-0.4, -0.2) is 6.73 Å². The molecule has 0 unspecified atom stereocenters. The first-order valence-electron chi connectivity index (χ1n) is 12.2. The summed E-state index contributed by atoms with van der Waals surface area (Å²) >= 11 is 0. The third kappa shape index (κ3) is 7.94. The molecule has 0 saturated carbocycles. The number of fused-ring (bicyclic) bond motifs is 1. The first-order chi connectivity index (χ1) is 15.4. The minimum atomic E-state index is 0.629. The lowest BCUT2D eigenvalue weighted by molar-refractivity contribution is 0.288. The zero-order chi connectivity index (χ0) is 21.6. The highest BCUT2D eigenvalue weighted by molar-refractivity contribution is 5.51. The van der Waals surface area contributed by atoms with Gasteiger partial charge in [-0.15, -0.1) is 0 Å². The molecule has 1 aliphatic rings. The fraction of sp³-hybridized carbons (Fsp3) is 0.448. The molecular formula is C29H39NO. The van der Waals surface area contributed by atoms with Crippen LogP contribution in [0.2, 0.25) is 0 Å². The Kier molecular flexibility index (Phi) is 10.3. The molecule has 0 aromatic heterocycles. The summed E-state index contributed by atoms with van der Waals surface area (Å²) in [6.07, 6.45) is 21.7. The van der Waals surface area contributed by atoms with E-state index in [1.807, 2.05) is 0 Å². The second-order valence-corrected chi connectivity index (χ2v) is 8.47. The topological polar surface area (TPSA) is 12.5 Å². The predicted octanol–water partition coefficient (Wildman–Crippen LogP) is 8.23. The van der Waals surface area contributed by atoms with Gasteiger partial charge in [-0.2, -0.15) is 0 Å². The van der Waals surface area contributed by atoms with Crippen molar-refractivity contribution >= 4 is 5.69 Å². The molecule has 0 saturated heterocycles. The molecule has 0 spiro atoms. The summed E-state index contributed by atoms with van der Waals surface area (Å²) in [7, 11) is 0. The predicted molar refractivity (Wildman–Crippen MR) is 134 cm³/mol. The zero-order valence-electron chi connectivity index (χ0n) is 19.3. The molecule has 31 heavy (non-hydrogen) atoms. The Labute approximate surface area is 189 Å². The highest BCUT2D eigenvalue weighted by atomic mass is 16.5. The maximum atomic E-state index is 6.07. The van der Waals surface area contributed by atoms with Crippen LogP contribution in [0.15, 0.2) is 72.8 Å². The third-order valence-electron chi connectivity index (χ3n) is 5.95. The van der Waals surface area contributed by atoms with Crippen LogP contribution in [0.1, 0.15) is 75.8 Å². The van der Waals surface area contributed by atoms with Crippen molar-refractivity contribution < 1.29 is 4.74 Å². The van der Waals surface area contributed by atoms with E-state index in [4.69, 9.17) is 4.74 Å². The molecule has 0 radical (unpaired) electrons. The molecule has 1 heterocycles. The number of rotatable bonds is 13. The van der Waals surface area contributed by atoms with Crippen LogP contribution >= 0.6 is 0 Å². The van der Waals surface area contributed by atoms with Gasteiger partial charge in [0.25, 0.3) is 0 Å². The standard InChI is InChI=1S/C29H39NO/c1-2-3-4-5-6-7-8-9-10-11-12-13-15-19-26-20-18-23-29-28(26)24-30(25-31-29)27-21-16-14-17-22-27/h4-5,7-8,14,16-18,20-23H,2-3,6,9-13,15,19,24-25H2,1H3/b5-4+,8-7+.